The maximum atomic E-state index is 5.07. The Morgan fingerprint density at radius 1 is 1.00 bits per heavy atom. The predicted molar refractivity (Wildman–Crippen MR) is 86.2 cm³/mol. The molecule has 0 bridgehead atoms. The summed E-state index contributed by atoms with van der Waals surface area (Å²) in [6, 6.07) is 8.10. The molecule has 3 rings (SSSR count). The molecule has 4 heteroatoms. The number of methoxy groups -OCH3 is 1. The highest BCUT2D eigenvalue weighted by Crippen LogP contribution is 2.22. The number of pyridine rings is 1. The summed E-state index contributed by atoms with van der Waals surface area (Å²) in [7, 11) is 1.61. The Hall–Kier alpha value is -2.36. The van der Waals surface area contributed by atoms with Crippen LogP contribution in [-0.2, 0) is 0 Å². The van der Waals surface area contributed by atoms with Crippen LogP contribution < -0.4 is 4.74 Å². The number of fused-ring (bicyclic) bond motifs is 1. The van der Waals surface area contributed by atoms with Crippen molar-refractivity contribution in [2.24, 2.45) is 0 Å². The van der Waals surface area contributed by atoms with E-state index in [1.807, 2.05) is 36.9 Å². The Morgan fingerprint density at radius 2 is 1.71 bits per heavy atom. The largest absolute Gasteiger partial charge is 0.481 e. The Bertz CT molecular complexity index is 730. The summed E-state index contributed by atoms with van der Waals surface area (Å²) in [6.07, 6.45) is 3.65. The number of rotatable bonds is 2. The van der Waals surface area contributed by atoms with Crippen molar-refractivity contribution in [3.63, 3.8) is 0 Å². The predicted octanol–water partition coefficient (Wildman–Crippen LogP) is 4.07. The van der Waals surface area contributed by atoms with Gasteiger partial charge in [0.1, 0.15) is 0 Å². The lowest BCUT2D eigenvalue weighted by atomic mass is 10.1. The smallest absolute Gasteiger partial charge is 0.213 e. The summed E-state index contributed by atoms with van der Waals surface area (Å²) in [6.45, 7) is 8.22. The van der Waals surface area contributed by atoms with E-state index in [1.54, 1.807) is 13.3 Å². The van der Waals surface area contributed by atoms with Gasteiger partial charge in [-0.2, -0.15) is 5.10 Å². The highest BCUT2D eigenvalue weighted by atomic mass is 16.5. The van der Waals surface area contributed by atoms with Crippen LogP contribution in [0.3, 0.4) is 0 Å². The minimum atomic E-state index is 0.604. The Morgan fingerprint density at radius 3 is 2.33 bits per heavy atom. The van der Waals surface area contributed by atoms with Crippen molar-refractivity contribution in [1.82, 2.24) is 14.8 Å². The minimum Gasteiger partial charge on any atom is -0.481 e. The molecule has 0 amide bonds. The standard InChI is InChI=1S/C15H15N3O.C2H6/c1-10-6-12-8-17-18(14(12)7-11(10)2)13-4-5-15(19-3)16-9-13;1-2/h4-9H,1-3H3;1-2H3. The van der Waals surface area contributed by atoms with Gasteiger partial charge in [-0.1, -0.05) is 13.8 Å². The number of benzene rings is 1. The molecule has 0 fully saturated rings. The maximum absolute atomic E-state index is 5.07. The second kappa shape index (κ2) is 6.39. The first-order valence-electron chi connectivity index (χ1n) is 7.14. The summed E-state index contributed by atoms with van der Waals surface area (Å²) in [5.41, 5.74) is 4.56. The van der Waals surface area contributed by atoms with E-state index in [0.717, 1.165) is 16.6 Å². The molecular formula is C17H21N3O. The highest BCUT2D eigenvalue weighted by Gasteiger charge is 2.07. The van der Waals surface area contributed by atoms with Gasteiger partial charge in [-0.25, -0.2) is 9.67 Å². The average molecular weight is 283 g/mol. The zero-order valence-corrected chi connectivity index (χ0v) is 13.2. The van der Waals surface area contributed by atoms with Gasteiger partial charge in [0, 0.05) is 11.5 Å². The van der Waals surface area contributed by atoms with Crippen molar-refractivity contribution in [2.45, 2.75) is 27.7 Å². The van der Waals surface area contributed by atoms with Crippen LogP contribution in [0.25, 0.3) is 16.6 Å². The van der Waals surface area contributed by atoms with Crippen LogP contribution in [0.1, 0.15) is 25.0 Å². The van der Waals surface area contributed by atoms with E-state index in [4.69, 9.17) is 4.74 Å². The zero-order valence-electron chi connectivity index (χ0n) is 13.2. The molecule has 3 aromatic rings. The quantitative estimate of drug-likeness (QED) is 0.711. The lowest BCUT2D eigenvalue weighted by Gasteiger charge is -2.06. The third-order valence-electron chi connectivity index (χ3n) is 3.36. The fraction of sp³-hybridized carbons (Fsp3) is 0.294. The normalized spacial score (nSPS) is 10.1. The van der Waals surface area contributed by atoms with Crippen molar-refractivity contribution >= 4 is 10.9 Å². The van der Waals surface area contributed by atoms with E-state index in [2.05, 4.69) is 36.1 Å². The second-order valence-electron chi connectivity index (χ2n) is 4.61. The second-order valence-corrected chi connectivity index (χ2v) is 4.61. The average Bonchev–Trinajstić information content (AvgIpc) is 2.92. The van der Waals surface area contributed by atoms with E-state index >= 15 is 0 Å². The molecule has 1 aromatic carbocycles. The van der Waals surface area contributed by atoms with Crippen LogP contribution >= 0.6 is 0 Å². The van der Waals surface area contributed by atoms with Crippen LogP contribution in [0, 0.1) is 13.8 Å². The van der Waals surface area contributed by atoms with Gasteiger partial charge in [0.2, 0.25) is 5.88 Å². The minimum absolute atomic E-state index is 0.604. The lowest BCUT2D eigenvalue weighted by Crippen LogP contribution is -1.98. The van der Waals surface area contributed by atoms with Crippen LogP contribution in [-0.4, -0.2) is 21.9 Å². The van der Waals surface area contributed by atoms with E-state index in [1.165, 1.54) is 11.1 Å². The zero-order chi connectivity index (χ0) is 15.4. The number of hydrogen-bond acceptors (Lipinski definition) is 3. The number of aryl methyl sites for hydroxylation is 2. The molecule has 0 aliphatic carbocycles. The van der Waals surface area contributed by atoms with Crippen LogP contribution in [0.2, 0.25) is 0 Å². The molecule has 2 aromatic heterocycles. The summed E-state index contributed by atoms with van der Waals surface area (Å²) in [5, 5.41) is 5.58. The topological polar surface area (TPSA) is 39.9 Å². The molecule has 21 heavy (non-hydrogen) atoms. The van der Waals surface area contributed by atoms with E-state index in [9.17, 15) is 0 Å². The molecule has 2 heterocycles. The molecule has 0 spiro atoms. The number of ether oxygens (including phenoxy) is 1. The molecule has 0 aliphatic rings. The SMILES string of the molecule is CC.COc1ccc(-n2ncc3cc(C)c(C)cc32)cn1. The van der Waals surface area contributed by atoms with Gasteiger partial charge in [-0.15, -0.1) is 0 Å². The van der Waals surface area contributed by atoms with Crippen molar-refractivity contribution in [3.8, 4) is 11.6 Å². The Labute approximate surface area is 125 Å². The van der Waals surface area contributed by atoms with Crippen molar-refractivity contribution in [2.75, 3.05) is 7.11 Å². The molecule has 4 nitrogen and oxygen atoms in total. The summed E-state index contributed by atoms with van der Waals surface area (Å²) < 4.78 is 6.97. The van der Waals surface area contributed by atoms with Gasteiger partial charge in [-0.05, 0) is 43.2 Å². The molecule has 0 aliphatic heterocycles. The third-order valence-corrected chi connectivity index (χ3v) is 3.36. The highest BCUT2D eigenvalue weighted by molar-refractivity contribution is 5.81. The molecule has 0 saturated heterocycles. The Balaban J connectivity index is 0.000000774. The monoisotopic (exact) mass is 283 g/mol. The lowest BCUT2D eigenvalue weighted by molar-refractivity contribution is 0.397. The maximum Gasteiger partial charge on any atom is 0.213 e. The number of nitrogens with zero attached hydrogens (tertiary/aromatic N) is 3. The first kappa shape index (κ1) is 15.0. The molecular weight excluding hydrogens is 262 g/mol. The van der Waals surface area contributed by atoms with E-state index in [0.29, 0.717) is 5.88 Å². The summed E-state index contributed by atoms with van der Waals surface area (Å²) in [5.74, 6) is 0.604. The fourth-order valence-electron chi connectivity index (χ4n) is 2.12. The molecule has 0 atom stereocenters. The van der Waals surface area contributed by atoms with Crippen molar-refractivity contribution < 1.29 is 4.74 Å². The van der Waals surface area contributed by atoms with Crippen molar-refractivity contribution in [1.29, 1.82) is 0 Å². The molecule has 0 radical (unpaired) electrons. The van der Waals surface area contributed by atoms with Crippen LogP contribution in [0.5, 0.6) is 5.88 Å². The van der Waals surface area contributed by atoms with Crippen LogP contribution in [0.4, 0.5) is 0 Å². The van der Waals surface area contributed by atoms with Gasteiger partial charge < -0.3 is 4.74 Å². The van der Waals surface area contributed by atoms with Gasteiger partial charge in [0.25, 0.3) is 0 Å². The molecule has 110 valence electrons. The van der Waals surface area contributed by atoms with Gasteiger partial charge in [0.05, 0.1) is 30.7 Å². The summed E-state index contributed by atoms with van der Waals surface area (Å²) in [4.78, 5) is 4.22. The first-order chi connectivity index (χ1) is 10.2. The van der Waals surface area contributed by atoms with Gasteiger partial charge in [-0.3, -0.25) is 0 Å². The van der Waals surface area contributed by atoms with E-state index < -0.39 is 0 Å². The molecule has 0 N–H and O–H groups in total. The fourth-order valence-corrected chi connectivity index (χ4v) is 2.12. The van der Waals surface area contributed by atoms with Gasteiger partial charge >= 0.3 is 0 Å². The first-order valence-corrected chi connectivity index (χ1v) is 7.14. The molecule has 0 unspecified atom stereocenters. The van der Waals surface area contributed by atoms with Crippen molar-refractivity contribution in [3.05, 3.63) is 47.8 Å². The molecule has 0 saturated carbocycles. The summed E-state index contributed by atoms with van der Waals surface area (Å²) >= 11 is 0. The van der Waals surface area contributed by atoms with Gasteiger partial charge in [0.15, 0.2) is 0 Å². The number of aromatic nitrogens is 3. The third kappa shape index (κ3) is 2.89. The van der Waals surface area contributed by atoms with Crippen LogP contribution in [0.15, 0.2) is 36.7 Å². The number of hydrogen-bond donors (Lipinski definition) is 0. The Kier molecular flexibility index (Phi) is 4.58. The van der Waals surface area contributed by atoms with E-state index in [-0.39, 0.29) is 0 Å².